The standard InChI is InChI=1S/C21H25F2N7O3/c1-13(2)30-17(3-4-26-30)20(32)25-10-15-11-29-18(28-15)5-14(9-27-29)8-24-19(31)12-33-16-6-21(22,23)7-16/h3-5,9,11,13,16H,6-8,10,12H2,1-2H3,(H,24,31)(H,25,32). The maximum atomic E-state index is 12.8. The molecule has 0 radical (unpaired) electrons. The smallest absolute Gasteiger partial charge is 0.269 e. The van der Waals surface area contributed by atoms with Gasteiger partial charge in [0.2, 0.25) is 5.91 Å². The Morgan fingerprint density at radius 1 is 1.24 bits per heavy atom. The van der Waals surface area contributed by atoms with E-state index in [-0.39, 0.29) is 44.5 Å². The second kappa shape index (κ2) is 9.22. The number of carbonyl (C=O) groups is 2. The molecule has 12 heteroatoms. The first kappa shape index (κ1) is 22.8. The third-order valence-corrected chi connectivity index (χ3v) is 5.24. The van der Waals surface area contributed by atoms with Crippen molar-refractivity contribution in [1.29, 1.82) is 0 Å². The molecule has 33 heavy (non-hydrogen) atoms. The number of amides is 2. The molecule has 0 spiro atoms. The van der Waals surface area contributed by atoms with E-state index in [1.807, 2.05) is 13.8 Å². The lowest BCUT2D eigenvalue weighted by Crippen LogP contribution is -2.43. The predicted octanol–water partition coefficient (Wildman–Crippen LogP) is 1.87. The molecule has 2 N–H and O–H groups in total. The lowest BCUT2D eigenvalue weighted by molar-refractivity contribution is -0.170. The molecule has 1 saturated carbocycles. The van der Waals surface area contributed by atoms with E-state index in [1.165, 1.54) is 0 Å². The molecule has 2 amide bonds. The zero-order chi connectivity index (χ0) is 23.6. The summed E-state index contributed by atoms with van der Waals surface area (Å²) in [4.78, 5) is 28.8. The summed E-state index contributed by atoms with van der Waals surface area (Å²) >= 11 is 0. The molecule has 3 heterocycles. The Labute approximate surface area is 188 Å². The molecule has 3 aromatic rings. The van der Waals surface area contributed by atoms with Gasteiger partial charge in [-0.25, -0.2) is 18.3 Å². The van der Waals surface area contributed by atoms with Crippen LogP contribution >= 0.6 is 0 Å². The molecule has 0 unspecified atom stereocenters. The first-order chi connectivity index (χ1) is 15.7. The van der Waals surface area contributed by atoms with E-state index < -0.39 is 17.9 Å². The minimum atomic E-state index is -2.68. The third-order valence-electron chi connectivity index (χ3n) is 5.24. The van der Waals surface area contributed by atoms with Crippen LogP contribution in [-0.4, -0.2) is 54.8 Å². The predicted molar refractivity (Wildman–Crippen MR) is 113 cm³/mol. The van der Waals surface area contributed by atoms with Gasteiger partial charge in [0.05, 0.1) is 30.7 Å². The van der Waals surface area contributed by atoms with Gasteiger partial charge in [0.25, 0.3) is 11.8 Å². The van der Waals surface area contributed by atoms with Gasteiger partial charge in [0.1, 0.15) is 12.3 Å². The van der Waals surface area contributed by atoms with Crippen LogP contribution < -0.4 is 10.6 Å². The molecular formula is C21H25F2N7O3. The zero-order valence-corrected chi connectivity index (χ0v) is 18.3. The number of hydrogen-bond acceptors (Lipinski definition) is 6. The molecule has 1 aliphatic carbocycles. The quantitative estimate of drug-likeness (QED) is 0.503. The maximum absolute atomic E-state index is 12.8. The van der Waals surface area contributed by atoms with Crippen LogP contribution in [0.1, 0.15) is 54.5 Å². The summed E-state index contributed by atoms with van der Waals surface area (Å²) < 4.78 is 34.0. The summed E-state index contributed by atoms with van der Waals surface area (Å²) in [7, 11) is 0. The van der Waals surface area contributed by atoms with Gasteiger partial charge < -0.3 is 15.4 Å². The molecular weight excluding hydrogens is 436 g/mol. The minimum absolute atomic E-state index is 0.0635. The Kier molecular flexibility index (Phi) is 6.36. The van der Waals surface area contributed by atoms with Crippen LogP contribution in [0.25, 0.3) is 5.65 Å². The number of nitrogens with zero attached hydrogens (tertiary/aromatic N) is 5. The van der Waals surface area contributed by atoms with E-state index in [2.05, 4.69) is 25.8 Å². The number of ether oxygens (including phenoxy) is 1. The monoisotopic (exact) mass is 461 g/mol. The highest BCUT2D eigenvalue weighted by molar-refractivity contribution is 5.92. The van der Waals surface area contributed by atoms with Crippen LogP contribution in [-0.2, 0) is 22.6 Å². The third kappa shape index (κ3) is 5.51. The Balaban J connectivity index is 1.28. The molecule has 0 atom stereocenters. The van der Waals surface area contributed by atoms with Crippen LogP contribution in [0.3, 0.4) is 0 Å². The van der Waals surface area contributed by atoms with Crippen LogP contribution in [0.15, 0.2) is 30.7 Å². The summed E-state index contributed by atoms with van der Waals surface area (Å²) in [5.74, 6) is -3.31. The van der Waals surface area contributed by atoms with Crippen LogP contribution in [0.5, 0.6) is 0 Å². The van der Waals surface area contributed by atoms with E-state index >= 15 is 0 Å². The zero-order valence-electron chi connectivity index (χ0n) is 18.3. The van der Waals surface area contributed by atoms with Crippen molar-refractivity contribution in [2.45, 2.75) is 57.8 Å². The molecule has 10 nitrogen and oxygen atoms in total. The SMILES string of the molecule is CC(C)n1nccc1C(=O)NCc1cn2ncc(CNC(=O)COC3CC(F)(F)C3)cc2n1. The number of hydrogen-bond donors (Lipinski definition) is 2. The fourth-order valence-corrected chi connectivity index (χ4v) is 3.48. The van der Waals surface area contributed by atoms with Gasteiger partial charge >= 0.3 is 0 Å². The summed E-state index contributed by atoms with van der Waals surface area (Å²) in [5.41, 5.74) is 2.37. The number of imidazole rings is 1. The van der Waals surface area contributed by atoms with Gasteiger partial charge in [-0.15, -0.1) is 0 Å². The number of aromatic nitrogens is 5. The first-order valence-electron chi connectivity index (χ1n) is 10.6. The fourth-order valence-electron chi connectivity index (χ4n) is 3.48. The molecule has 0 bridgehead atoms. The second-order valence-corrected chi connectivity index (χ2v) is 8.31. The molecule has 3 aromatic heterocycles. The normalized spacial score (nSPS) is 15.5. The Hall–Kier alpha value is -3.41. The number of halogens is 2. The second-order valence-electron chi connectivity index (χ2n) is 8.31. The summed E-state index contributed by atoms with van der Waals surface area (Å²) in [6.07, 6.45) is 3.63. The van der Waals surface area contributed by atoms with Crippen molar-refractivity contribution in [3.63, 3.8) is 0 Å². The highest BCUT2D eigenvalue weighted by Gasteiger charge is 2.46. The van der Waals surface area contributed by atoms with Crippen LogP contribution in [0, 0.1) is 0 Å². The van der Waals surface area contributed by atoms with Crippen molar-refractivity contribution in [2.75, 3.05) is 6.61 Å². The highest BCUT2D eigenvalue weighted by atomic mass is 19.3. The van der Waals surface area contributed by atoms with Crippen molar-refractivity contribution in [1.82, 2.24) is 35.0 Å². The van der Waals surface area contributed by atoms with E-state index in [9.17, 15) is 18.4 Å². The number of carbonyl (C=O) groups excluding carboxylic acids is 2. The van der Waals surface area contributed by atoms with E-state index in [0.29, 0.717) is 22.6 Å². The minimum Gasteiger partial charge on any atom is -0.368 e. The van der Waals surface area contributed by atoms with Crippen molar-refractivity contribution >= 4 is 17.5 Å². The summed E-state index contributed by atoms with van der Waals surface area (Å²) in [6, 6.07) is 3.49. The molecule has 1 fully saturated rings. The number of fused-ring (bicyclic) bond motifs is 1. The summed E-state index contributed by atoms with van der Waals surface area (Å²) in [5, 5.41) is 13.9. The van der Waals surface area contributed by atoms with Crippen molar-refractivity contribution < 1.29 is 23.1 Å². The Bertz CT molecular complexity index is 1150. The van der Waals surface area contributed by atoms with E-state index in [0.717, 1.165) is 0 Å². The number of alkyl halides is 2. The van der Waals surface area contributed by atoms with Gasteiger partial charge in [0.15, 0.2) is 5.65 Å². The lowest BCUT2D eigenvalue weighted by Gasteiger charge is -2.34. The first-order valence-corrected chi connectivity index (χ1v) is 10.6. The molecule has 4 rings (SSSR count). The molecule has 176 valence electrons. The van der Waals surface area contributed by atoms with Crippen molar-refractivity contribution in [3.05, 3.63) is 47.7 Å². The largest absolute Gasteiger partial charge is 0.368 e. The molecule has 0 aromatic carbocycles. The van der Waals surface area contributed by atoms with E-state index in [4.69, 9.17) is 4.74 Å². The van der Waals surface area contributed by atoms with Crippen molar-refractivity contribution in [3.8, 4) is 0 Å². The maximum Gasteiger partial charge on any atom is 0.269 e. The molecule has 0 aliphatic heterocycles. The van der Waals surface area contributed by atoms with Crippen molar-refractivity contribution in [2.24, 2.45) is 0 Å². The highest BCUT2D eigenvalue weighted by Crippen LogP contribution is 2.39. The Morgan fingerprint density at radius 2 is 2.03 bits per heavy atom. The van der Waals surface area contributed by atoms with Gasteiger partial charge in [-0.1, -0.05) is 0 Å². The number of nitrogens with one attached hydrogen (secondary N) is 2. The van der Waals surface area contributed by atoms with Gasteiger partial charge in [0, 0.05) is 31.6 Å². The fraction of sp³-hybridized carbons (Fsp3) is 0.476. The topological polar surface area (TPSA) is 115 Å². The van der Waals surface area contributed by atoms with Crippen LogP contribution in [0.2, 0.25) is 0 Å². The molecule has 1 aliphatic rings. The molecule has 0 saturated heterocycles. The average Bonchev–Trinajstić information content (AvgIpc) is 3.39. The van der Waals surface area contributed by atoms with Crippen LogP contribution in [0.4, 0.5) is 8.78 Å². The lowest BCUT2D eigenvalue weighted by atomic mass is 9.91. The summed E-state index contributed by atoms with van der Waals surface area (Å²) in [6.45, 7) is 4.04. The van der Waals surface area contributed by atoms with Gasteiger partial charge in [-0.05, 0) is 31.5 Å². The number of rotatable bonds is 9. The van der Waals surface area contributed by atoms with Gasteiger partial charge in [-0.2, -0.15) is 10.2 Å². The van der Waals surface area contributed by atoms with E-state index in [1.54, 1.807) is 39.9 Å². The Morgan fingerprint density at radius 3 is 2.76 bits per heavy atom. The average molecular weight is 461 g/mol. The van der Waals surface area contributed by atoms with Gasteiger partial charge in [-0.3, -0.25) is 14.3 Å².